The molecule has 2 aromatic carbocycles. The van der Waals surface area contributed by atoms with Gasteiger partial charge in [0, 0.05) is 5.56 Å². The third kappa shape index (κ3) is 3.80. The molecule has 3 aromatic rings. The summed E-state index contributed by atoms with van der Waals surface area (Å²) in [6.45, 7) is 3.99. The first-order valence-electron chi connectivity index (χ1n) is 8.47. The maximum Gasteiger partial charge on any atom is 0.196 e. The average molecular weight is 367 g/mol. The molecular formula is C20H21N3O2S. The molecule has 0 spiro atoms. The van der Waals surface area contributed by atoms with Gasteiger partial charge in [0.05, 0.1) is 18.0 Å². The standard InChI is InChI=1S/C20H21N3O2S/c1-4-15-9-11-16(12-10-15)19(24)14(2)26-20-22-21-13-23(20)17-7-5-6-8-18(17)25-3/h5-14H,4H2,1-3H3/t14-/m1/s1. The molecule has 0 saturated carbocycles. The molecular weight excluding hydrogens is 346 g/mol. The summed E-state index contributed by atoms with van der Waals surface area (Å²) in [5, 5.41) is 8.56. The minimum atomic E-state index is -0.278. The topological polar surface area (TPSA) is 57.0 Å². The highest BCUT2D eigenvalue weighted by Crippen LogP contribution is 2.29. The van der Waals surface area contributed by atoms with E-state index in [4.69, 9.17) is 4.74 Å². The third-order valence-corrected chi connectivity index (χ3v) is 5.22. The molecule has 0 amide bonds. The van der Waals surface area contributed by atoms with Crippen molar-refractivity contribution in [3.05, 3.63) is 66.0 Å². The van der Waals surface area contributed by atoms with E-state index < -0.39 is 0 Å². The fraction of sp³-hybridized carbons (Fsp3) is 0.250. The van der Waals surface area contributed by atoms with E-state index in [0.29, 0.717) is 10.7 Å². The highest BCUT2D eigenvalue weighted by molar-refractivity contribution is 8.00. The molecule has 6 heteroatoms. The number of ketones is 1. The van der Waals surface area contributed by atoms with Gasteiger partial charge in [-0.1, -0.05) is 55.1 Å². The van der Waals surface area contributed by atoms with Crippen LogP contribution in [0.2, 0.25) is 0 Å². The molecule has 0 aliphatic carbocycles. The smallest absolute Gasteiger partial charge is 0.196 e. The van der Waals surface area contributed by atoms with Gasteiger partial charge < -0.3 is 4.74 Å². The lowest BCUT2D eigenvalue weighted by Crippen LogP contribution is -2.14. The molecule has 0 aliphatic heterocycles. The molecule has 0 bridgehead atoms. The summed E-state index contributed by atoms with van der Waals surface area (Å²) in [7, 11) is 1.63. The fourth-order valence-electron chi connectivity index (χ4n) is 2.65. The van der Waals surface area contributed by atoms with E-state index in [0.717, 1.165) is 17.9 Å². The molecule has 3 rings (SSSR count). The van der Waals surface area contributed by atoms with Gasteiger partial charge in [-0.05, 0) is 31.0 Å². The zero-order chi connectivity index (χ0) is 18.5. The first kappa shape index (κ1) is 18.2. The lowest BCUT2D eigenvalue weighted by atomic mass is 10.1. The molecule has 0 radical (unpaired) electrons. The van der Waals surface area contributed by atoms with Crippen LogP contribution in [0.3, 0.4) is 0 Å². The summed E-state index contributed by atoms with van der Waals surface area (Å²) in [6.07, 6.45) is 2.59. The van der Waals surface area contributed by atoms with Gasteiger partial charge in [-0.25, -0.2) is 0 Å². The summed E-state index contributed by atoms with van der Waals surface area (Å²) in [6, 6.07) is 15.4. The van der Waals surface area contributed by atoms with E-state index in [1.807, 2.05) is 60.0 Å². The molecule has 26 heavy (non-hydrogen) atoms. The van der Waals surface area contributed by atoms with Crippen LogP contribution in [-0.4, -0.2) is 32.9 Å². The summed E-state index contributed by atoms with van der Waals surface area (Å²) < 4.78 is 7.26. The van der Waals surface area contributed by atoms with Gasteiger partial charge in [0.1, 0.15) is 12.1 Å². The third-order valence-electron chi connectivity index (χ3n) is 4.16. The number of carbonyl (C=O) groups is 1. The Hall–Kier alpha value is -2.60. The number of hydrogen-bond donors (Lipinski definition) is 0. The number of rotatable bonds is 7. The second-order valence-corrected chi connectivity index (χ2v) is 7.14. The number of Topliss-reactive ketones (excluding diaryl/α,β-unsaturated/α-hetero) is 1. The van der Waals surface area contributed by atoms with Gasteiger partial charge in [0.2, 0.25) is 0 Å². The quantitative estimate of drug-likeness (QED) is 0.463. The van der Waals surface area contributed by atoms with E-state index in [2.05, 4.69) is 17.1 Å². The number of aromatic nitrogens is 3. The molecule has 134 valence electrons. The molecule has 0 saturated heterocycles. The SMILES string of the molecule is CCc1ccc(C(=O)[C@@H](C)Sc2nncn2-c2ccccc2OC)cc1. The molecule has 1 heterocycles. The summed E-state index contributed by atoms with van der Waals surface area (Å²) >= 11 is 1.39. The number of thioether (sulfide) groups is 1. The predicted octanol–water partition coefficient (Wildman–Crippen LogP) is 4.20. The van der Waals surface area contributed by atoms with Gasteiger partial charge in [-0.2, -0.15) is 0 Å². The van der Waals surface area contributed by atoms with E-state index >= 15 is 0 Å². The number of para-hydroxylation sites is 2. The van der Waals surface area contributed by atoms with Gasteiger partial charge in [0.25, 0.3) is 0 Å². The van der Waals surface area contributed by atoms with Crippen molar-refractivity contribution in [3.63, 3.8) is 0 Å². The maximum absolute atomic E-state index is 12.7. The van der Waals surface area contributed by atoms with Gasteiger partial charge in [-0.15, -0.1) is 10.2 Å². The minimum Gasteiger partial charge on any atom is -0.495 e. The van der Waals surface area contributed by atoms with Crippen molar-refractivity contribution in [1.82, 2.24) is 14.8 Å². The van der Waals surface area contributed by atoms with Crippen LogP contribution in [0.15, 0.2) is 60.0 Å². The van der Waals surface area contributed by atoms with Gasteiger partial charge in [-0.3, -0.25) is 9.36 Å². The summed E-state index contributed by atoms with van der Waals surface area (Å²) in [4.78, 5) is 12.7. The first-order valence-corrected chi connectivity index (χ1v) is 9.35. The van der Waals surface area contributed by atoms with Crippen molar-refractivity contribution in [1.29, 1.82) is 0 Å². The Balaban J connectivity index is 1.81. The summed E-state index contributed by atoms with van der Waals surface area (Å²) in [5.41, 5.74) is 2.78. The number of nitrogens with zero attached hydrogens (tertiary/aromatic N) is 3. The Bertz CT molecular complexity index is 890. The van der Waals surface area contributed by atoms with Crippen LogP contribution in [0, 0.1) is 0 Å². The van der Waals surface area contributed by atoms with E-state index in [1.54, 1.807) is 13.4 Å². The Morgan fingerprint density at radius 3 is 2.62 bits per heavy atom. The highest BCUT2D eigenvalue weighted by Gasteiger charge is 2.20. The zero-order valence-electron chi connectivity index (χ0n) is 15.0. The number of benzene rings is 2. The number of ether oxygens (including phenoxy) is 1. The van der Waals surface area contributed by atoms with Gasteiger partial charge >= 0.3 is 0 Å². The zero-order valence-corrected chi connectivity index (χ0v) is 15.9. The van der Waals surface area contributed by atoms with Crippen molar-refractivity contribution in [2.75, 3.05) is 7.11 Å². The second kappa shape index (κ2) is 8.19. The molecule has 1 aromatic heterocycles. The Morgan fingerprint density at radius 1 is 1.19 bits per heavy atom. The monoisotopic (exact) mass is 367 g/mol. The van der Waals surface area contributed by atoms with Crippen LogP contribution >= 0.6 is 11.8 Å². The van der Waals surface area contributed by atoms with Crippen molar-refractivity contribution < 1.29 is 9.53 Å². The normalized spacial score (nSPS) is 12.0. The maximum atomic E-state index is 12.7. The van der Waals surface area contributed by atoms with Crippen LogP contribution in [-0.2, 0) is 6.42 Å². The van der Waals surface area contributed by atoms with E-state index in [9.17, 15) is 4.79 Å². The van der Waals surface area contributed by atoms with Crippen LogP contribution in [0.5, 0.6) is 5.75 Å². The molecule has 0 unspecified atom stereocenters. The van der Waals surface area contributed by atoms with E-state index in [-0.39, 0.29) is 11.0 Å². The fourth-order valence-corrected chi connectivity index (χ4v) is 3.56. The number of aryl methyl sites for hydroxylation is 1. The molecule has 5 nitrogen and oxygen atoms in total. The predicted molar refractivity (Wildman–Crippen MR) is 103 cm³/mol. The number of methoxy groups -OCH3 is 1. The van der Waals surface area contributed by atoms with Crippen LogP contribution < -0.4 is 4.74 Å². The van der Waals surface area contributed by atoms with Crippen LogP contribution in [0.4, 0.5) is 0 Å². The molecule has 0 fully saturated rings. The second-order valence-electron chi connectivity index (χ2n) is 5.83. The number of carbonyl (C=O) groups excluding carboxylic acids is 1. The van der Waals surface area contributed by atoms with Crippen LogP contribution in [0.1, 0.15) is 29.8 Å². The van der Waals surface area contributed by atoms with Crippen molar-refractivity contribution >= 4 is 17.5 Å². The Morgan fingerprint density at radius 2 is 1.92 bits per heavy atom. The molecule has 1 atom stereocenters. The lowest BCUT2D eigenvalue weighted by Gasteiger charge is -2.13. The van der Waals surface area contributed by atoms with Crippen LogP contribution in [0.25, 0.3) is 5.69 Å². The van der Waals surface area contributed by atoms with Crippen molar-refractivity contribution in [3.8, 4) is 11.4 Å². The molecule has 0 aliphatic rings. The van der Waals surface area contributed by atoms with Crippen molar-refractivity contribution in [2.45, 2.75) is 30.7 Å². The first-order chi connectivity index (χ1) is 12.6. The lowest BCUT2D eigenvalue weighted by molar-refractivity contribution is 0.0994. The van der Waals surface area contributed by atoms with Crippen molar-refractivity contribution in [2.24, 2.45) is 0 Å². The minimum absolute atomic E-state index is 0.0761. The summed E-state index contributed by atoms with van der Waals surface area (Å²) in [5.74, 6) is 0.801. The average Bonchev–Trinajstić information content (AvgIpc) is 3.15. The highest BCUT2D eigenvalue weighted by atomic mass is 32.2. The van der Waals surface area contributed by atoms with Gasteiger partial charge in [0.15, 0.2) is 10.9 Å². The Kier molecular flexibility index (Phi) is 5.73. The molecule has 0 N–H and O–H groups in total. The largest absolute Gasteiger partial charge is 0.495 e. The number of hydrogen-bond acceptors (Lipinski definition) is 5. The van der Waals surface area contributed by atoms with E-state index in [1.165, 1.54) is 17.3 Å². The Labute approximate surface area is 157 Å².